The highest BCUT2D eigenvalue weighted by molar-refractivity contribution is 7.85. The first-order valence-corrected chi connectivity index (χ1v) is 18.5. The van der Waals surface area contributed by atoms with Crippen molar-refractivity contribution in [3.8, 4) is 23.0 Å². The van der Waals surface area contributed by atoms with Gasteiger partial charge in [0.05, 0.1) is 36.8 Å². The summed E-state index contributed by atoms with van der Waals surface area (Å²) in [5.41, 5.74) is 14.1. The van der Waals surface area contributed by atoms with Gasteiger partial charge in [0.1, 0.15) is 40.1 Å². The zero-order chi connectivity index (χ0) is 40.0. The molecule has 15 nitrogen and oxygen atoms in total. The number of rotatable bonds is 14. The molecular weight excluding hydrogens is 727 g/mol. The minimum atomic E-state index is -1.44. The summed E-state index contributed by atoms with van der Waals surface area (Å²) in [7, 11) is 1.45. The number of urea groups is 1. The van der Waals surface area contributed by atoms with E-state index in [1.807, 2.05) is 57.2 Å². The van der Waals surface area contributed by atoms with Crippen molar-refractivity contribution in [3.05, 3.63) is 96.2 Å². The lowest BCUT2D eigenvalue weighted by molar-refractivity contribution is -0.138. The Morgan fingerprint density at radius 2 is 1.65 bits per heavy atom. The minimum Gasteiger partial charge on any atom is -0.496 e. The van der Waals surface area contributed by atoms with Crippen LogP contribution in [-0.2, 0) is 21.2 Å². The SMILES string of the molecule is COc1cc(Nc2cc(Oc3ccc(N(C(N)=O)c4cc(C(C)(C)C)cc(NS(C)=O)c4OC)c4ccccc34)ccn2)ccc1C(=O)NC[C@H](N)C(=O)O. The number of carbonyl (C=O) groups excluding carboxylic acids is 2. The van der Waals surface area contributed by atoms with E-state index >= 15 is 0 Å². The van der Waals surface area contributed by atoms with E-state index in [-0.39, 0.29) is 23.3 Å². The number of nitrogens with one attached hydrogen (secondary N) is 3. The standard InChI is InChI=1S/C39H43N7O8S/c1-39(2,3)22-17-29(45-55(6)51)35(53-5)31(18-22)46(38(41)50)30-13-14-32(26-10-8-7-9-25(26)30)54-24-15-16-42-34(20-24)44-23-11-12-27(33(19-23)52-4)36(47)43-21-28(40)37(48)49/h7-20,28,45H,21,40H2,1-6H3,(H2,41,50)(H,42,44)(H,43,47)(H,48,49)/t28-,55?/m0/s1. The van der Waals surface area contributed by atoms with Gasteiger partial charge in [0, 0.05) is 47.6 Å². The first kappa shape index (κ1) is 39.8. The fraction of sp³-hybridized carbons (Fsp3) is 0.231. The van der Waals surface area contributed by atoms with Crippen LogP contribution in [0.15, 0.2) is 85.1 Å². The van der Waals surface area contributed by atoms with Crippen LogP contribution in [0, 0.1) is 0 Å². The normalized spacial score (nSPS) is 12.3. The number of carboxylic acid groups (broad SMARTS) is 1. The number of nitrogens with two attached hydrogens (primary N) is 2. The van der Waals surface area contributed by atoms with Crippen molar-refractivity contribution < 1.29 is 37.9 Å². The van der Waals surface area contributed by atoms with Gasteiger partial charge < -0.3 is 46.1 Å². The fourth-order valence-electron chi connectivity index (χ4n) is 5.72. The molecule has 0 spiro atoms. The lowest BCUT2D eigenvalue weighted by Gasteiger charge is -2.29. The number of ether oxygens (including phenoxy) is 3. The van der Waals surface area contributed by atoms with Gasteiger partial charge in [-0.15, -0.1) is 0 Å². The molecular formula is C39H43N7O8S. The van der Waals surface area contributed by atoms with E-state index in [0.29, 0.717) is 56.6 Å². The molecule has 8 N–H and O–H groups in total. The number of anilines is 5. The van der Waals surface area contributed by atoms with E-state index in [1.165, 1.54) is 31.4 Å². The summed E-state index contributed by atoms with van der Waals surface area (Å²) in [6.45, 7) is 5.83. The number of hydrogen-bond donors (Lipinski definition) is 6. The largest absolute Gasteiger partial charge is 0.496 e. The maximum absolute atomic E-state index is 13.4. The molecule has 0 aliphatic carbocycles. The summed E-state index contributed by atoms with van der Waals surface area (Å²) in [4.78, 5) is 42.8. The summed E-state index contributed by atoms with van der Waals surface area (Å²) < 4.78 is 32.8. The average molecular weight is 770 g/mol. The topological polar surface area (TPSA) is 220 Å². The number of nitrogens with zero attached hydrogens (tertiary/aromatic N) is 2. The molecule has 0 bridgehead atoms. The lowest BCUT2D eigenvalue weighted by atomic mass is 9.86. The number of hydrogen-bond acceptors (Lipinski definition) is 10. The Morgan fingerprint density at radius 1 is 0.927 bits per heavy atom. The molecule has 1 unspecified atom stereocenters. The predicted molar refractivity (Wildman–Crippen MR) is 214 cm³/mol. The highest BCUT2D eigenvalue weighted by Gasteiger charge is 2.28. The van der Waals surface area contributed by atoms with Gasteiger partial charge >= 0.3 is 12.0 Å². The molecule has 0 aliphatic heterocycles. The zero-order valence-corrected chi connectivity index (χ0v) is 31.9. The Balaban J connectivity index is 1.47. The Bertz CT molecular complexity index is 2280. The molecule has 0 saturated carbocycles. The molecule has 2 atom stereocenters. The number of amides is 3. The van der Waals surface area contributed by atoms with Crippen LogP contribution in [0.5, 0.6) is 23.0 Å². The van der Waals surface area contributed by atoms with Crippen LogP contribution in [0.4, 0.5) is 33.4 Å². The number of methoxy groups -OCH3 is 2. The Hall–Kier alpha value is -6.39. The second kappa shape index (κ2) is 16.7. The molecule has 16 heteroatoms. The van der Waals surface area contributed by atoms with Crippen molar-refractivity contribution in [2.75, 3.05) is 42.0 Å². The summed E-state index contributed by atoms with van der Waals surface area (Å²) in [5, 5.41) is 16.0. The van der Waals surface area contributed by atoms with Gasteiger partial charge in [0.15, 0.2) is 5.75 Å². The molecule has 0 fully saturated rings. The molecule has 1 aromatic heterocycles. The monoisotopic (exact) mass is 769 g/mol. The maximum atomic E-state index is 13.4. The third kappa shape index (κ3) is 9.23. The summed E-state index contributed by atoms with van der Waals surface area (Å²) in [6, 6.07) is 20.7. The molecule has 55 heavy (non-hydrogen) atoms. The van der Waals surface area contributed by atoms with Crippen molar-refractivity contribution in [2.24, 2.45) is 11.5 Å². The molecule has 4 aromatic carbocycles. The number of primary amides is 1. The molecule has 0 saturated heterocycles. The number of carboxylic acids is 1. The quantitative estimate of drug-likeness (QED) is 0.0752. The second-order valence-electron chi connectivity index (χ2n) is 13.4. The van der Waals surface area contributed by atoms with Crippen molar-refractivity contribution in [1.82, 2.24) is 10.3 Å². The van der Waals surface area contributed by atoms with E-state index in [9.17, 15) is 18.6 Å². The summed E-state index contributed by atoms with van der Waals surface area (Å²) in [5.74, 6) is 0.115. The molecule has 5 rings (SSSR count). The predicted octanol–water partition coefficient (Wildman–Crippen LogP) is 6.15. The zero-order valence-electron chi connectivity index (χ0n) is 31.1. The molecule has 3 amide bonds. The molecule has 1 heterocycles. The van der Waals surface area contributed by atoms with Gasteiger partial charge in [0.25, 0.3) is 5.91 Å². The van der Waals surface area contributed by atoms with Crippen LogP contribution in [0.25, 0.3) is 10.8 Å². The number of carbonyl (C=O) groups is 3. The van der Waals surface area contributed by atoms with Gasteiger partial charge in [0.2, 0.25) is 0 Å². The second-order valence-corrected chi connectivity index (χ2v) is 14.5. The first-order chi connectivity index (χ1) is 26.1. The van der Waals surface area contributed by atoms with Gasteiger partial charge in [-0.1, -0.05) is 45.0 Å². The molecule has 5 aromatic rings. The minimum absolute atomic E-state index is 0.191. The van der Waals surface area contributed by atoms with Gasteiger partial charge in [-0.25, -0.2) is 14.0 Å². The van der Waals surface area contributed by atoms with Crippen LogP contribution < -0.4 is 45.9 Å². The summed E-state index contributed by atoms with van der Waals surface area (Å²) >= 11 is 0. The number of aliphatic carboxylic acids is 1. The van der Waals surface area contributed by atoms with Crippen LogP contribution in [0.1, 0.15) is 36.7 Å². The van der Waals surface area contributed by atoms with Gasteiger partial charge in [-0.05, 0) is 53.4 Å². The Labute approximate surface area is 320 Å². The highest BCUT2D eigenvalue weighted by atomic mass is 32.2. The van der Waals surface area contributed by atoms with Crippen LogP contribution >= 0.6 is 0 Å². The smallest absolute Gasteiger partial charge is 0.324 e. The Morgan fingerprint density at radius 3 is 2.29 bits per heavy atom. The fourth-order valence-corrected chi connectivity index (χ4v) is 6.19. The van der Waals surface area contributed by atoms with Gasteiger partial charge in [-0.3, -0.25) is 14.5 Å². The maximum Gasteiger partial charge on any atom is 0.324 e. The number of benzene rings is 4. The van der Waals surface area contributed by atoms with E-state index < -0.39 is 34.9 Å². The van der Waals surface area contributed by atoms with Crippen LogP contribution in [0.2, 0.25) is 0 Å². The van der Waals surface area contributed by atoms with Crippen LogP contribution in [0.3, 0.4) is 0 Å². The van der Waals surface area contributed by atoms with E-state index in [4.69, 9.17) is 30.8 Å². The number of fused-ring (bicyclic) bond motifs is 1. The van der Waals surface area contributed by atoms with E-state index in [0.717, 1.165) is 5.56 Å². The summed E-state index contributed by atoms with van der Waals surface area (Å²) in [6.07, 6.45) is 3.07. The number of pyridine rings is 1. The lowest BCUT2D eigenvalue weighted by Crippen LogP contribution is -2.42. The molecule has 0 radical (unpaired) electrons. The van der Waals surface area contributed by atoms with Crippen molar-refractivity contribution in [1.29, 1.82) is 0 Å². The van der Waals surface area contributed by atoms with Crippen LogP contribution in [-0.4, -0.2) is 65.3 Å². The van der Waals surface area contributed by atoms with Crippen molar-refractivity contribution in [3.63, 3.8) is 0 Å². The van der Waals surface area contributed by atoms with Crippen molar-refractivity contribution in [2.45, 2.75) is 32.2 Å². The third-order valence-electron chi connectivity index (χ3n) is 8.43. The third-order valence-corrected chi connectivity index (χ3v) is 8.94. The van der Waals surface area contributed by atoms with Crippen molar-refractivity contribution >= 4 is 68.2 Å². The molecule has 0 aliphatic rings. The van der Waals surface area contributed by atoms with Gasteiger partial charge in [-0.2, -0.15) is 0 Å². The molecule has 288 valence electrons. The Kier molecular flexibility index (Phi) is 12.1. The number of aromatic nitrogens is 1. The first-order valence-electron chi connectivity index (χ1n) is 16.9. The highest BCUT2D eigenvalue weighted by Crippen LogP contribution is 2.46. The average Bonchev–Trinajstić information content (AvgIpc) is 3.13. The van der Waals surface area contributed by atoms with E-state index in [1.54, 1.807) is 42.6 Å². The van der Waals surface area contributed by atoms with E-state index in [2.05, 4.69) is 20.3 Å².